The molecule has 2 aromatic carbocycles. The van der Waals surface area contributed by atoms with E-state index in [1.54, 1.807) is 55.6 Å². The summed E-state index contributed by atoms with van der Waals surface area (Å²) in [5.74, 6) is 2.06. The summed E-state index contributed by atoms with van der Waals surface area (Å²) in [7, 11) is 1.59. The number of ether oxygens (including phenoxy) is 3. The summed E-state index contributed by atoms with van der Waals surface area (Å²) in [5.41, 5.74) is 0.483. The maximum Gasteiger partial charge on any atom is 0.343 e. The minimum atomic E-state index is -0.399. The maximum atomic E-state index is 12.1. The second-order valence-electron chi connectivity index (χ2n) is 5.41. The van der Waals surface area contributed by atoms with Crippen molar-refractivity contribution in [3.05, 3.63) is 67.3 Å². The number of esters is 1. The van der Waals surface area contributed by atoms with Crippen molar-refractivity contribution in [1.82, 2.24) is 0 Å². The monoisotopic (exact) mass is 342 g/mol. The summed E-state index contributed by atoms with van der Waals surface area (Å²) < 4.78 is 16.1. The molecule has 0 spiro atoms. The number of hydrogen-bond acceptors (Lipinski definition) is 4. The average molecular weight is 342 g/mol. The van der Waals surface area contributed by atoms with Gasteiger partial charge in [0.05, 0.1) is 19.3 Å². The molecule has 25 heavy (non-hydrogen) atoms. The van der Waals surface area contributed by atoms with Crippen LogP contribution >= 0.6 is 0 Å². The predicted molar refractivity (Wildman–Crippen MR) is 101 cm³/mol. The van der Waals surface area contributed by atoms with Crippen LogP contribution in [0.25, 0.3) is 0 Å². The molecule has 0 aliphatic carbocycles. The summed E-state index contributed by atoms with van der Waals surface area (Å²) in [6.45, 7) is 10.9. The number of rotatable bonds is 7. The number of carbonyl (C=O) groups excluding carboxylic acids is 1. The number of benzene rings is 2. The van der Waals surface area contributed by atoms with Gasteiger partial charge in [-0.2, -0.15) is 0 Å². The molecular weight excluding hydrogens is 316 g/mol. The fourth-order valence-electron chi connectivity index (χ4n) is 1.85. The summed E-state index contributed by atoms with van der Waals surface area (Å²) in [6.07, 6.45) is 1.08. The van der Waals surface area contributed by atoms with Gasteiger partial charge >= 0.3 is 5.97 Å². The Morgan fingerprint density at radius 3 is 2.00 bits per heavy atom. The third-order valence-corrected chi connectivity index (χ3v) is 3.59. The van der Waals surface area contributed by atoms with E-state index in [0.29, 0.717) is 29.6 Å². The van der Waals surface area contributed by atoms with Crippen molar-refractivity contribution in [3.63, 3.8) is 0 Å². The van der Waals surface area contributed by atoms with Crippen molar-refractivity contribution >= 4 is 5.97 Å². The van der Waals surface area contributed by atoms with E-state index in [1.807, 2.05) is 0 Å². The van der Waals surface area contributed by atoms with Crippen LogP contribution in [0.3, 0.4) is 0 Å². The van der Waals surface area contributed by atoms with Crippen LogP contribution in [0.5, 0.6) is 17.2 Å². The highest BCUT2D eigenvalue weighted by Crippen LogP contribution is 2.19. The zero-order chi connectivity index (χ0) is 18.7. The zero-order valence-corrected chi connectivity index (χ0v) is 15.2. The number of hydrogen-bond donors (Lipinski definition) is 0. The van der Waals surface area contributed by atoms with Gasteiger partial charge in [0.1, 0.15) is 17.2 Å². The molecule has 0 radical (unpaired) electrons. The fraction of sp³-hybridized carbons (Fsp3) is 0.286. The molecule has 4 heteroatoms. The Bertz CT molecular complexity index is 632. The van der Waals surface area contributed by atoms with Gasteiger partial charge in [0.2, 0.25) is 0 Å². The third kappa shape index (κ3) is 6.71. The highest BCUT2D eigenvalue weighted by atomic mass is 16.5. The van der Waals surface area contributed by atoms with E-state index in [4.69, 9.17) is 14.2 Å². The molecule has 0 bridgehead atoms. The van der Waals surface area contributed by atoms with Gasteiger partial charge in [-0.05, 0) is 54.4 Å². The Hall–Kier alpha value is -2.75. The maximum absolute atomic E-state index is 12.1. The molecule has 4 nitrogen and oxygen atoms in total. The van der Waals surface area contributed by atoms with Crippen molar-refractivity contribution in [2.75, 3.05) is 13.7 Å². The van der Waals surface area contributed by atoms with Gasteiger partial charge in [-0.3, -0.25) is 0 Å². The van der Waals surface area contributed by atoms with Gasteiger partial charge in [-0.25, -0.2) is 4.79 Å². The number of methoxy groups -OCH3 is 1. The van der Waals surface area contributed by atoms with E-state index in [9.17, 15) is 4.79 Å². The smallest absolute Gasteiger partial charge is 0.343 e. The Labute approximate surface area is 150 Å². The van der Waals surface area contributed by atoms with Crippen LogP contribution in [-0.4, -0.2) is 19.7 Å². The molecule has 0 aromatic heterocycles. The minimum absolute atomic E-state index is 0.399. The van der Waals surface area contributed by atoms with Crippen LogP contribution in [-0.2, 0) is 0 Å². The van der Waals surface area contributed by atoms with Crippen LogP contribution in [0, 0.1) is 5.92 Å². The van der Waals surface area contributed by atoms with E-state index in [2.05, 4.69) is 27.0 Å². The third-order valence-electron chi connectivity index (χ3n) is 3.59. The van der Waals surface area contributed by atoms with Crippen LogP contribution in [0.15, 0.2) is 61.7 Å². The van der Waals surface area contributed by atoms with Crippen LogP contribution in [0.2, 0.25) is 0 Å². The van der Waals surface area contributed by atoms with Gasteiger partial charge < -0.3 is 14.2 Å². The molecule has 0 saturated carbocycles. The van der Waals surface area contributed by atoms with E-state index < -0.39 is 5.97 Å². The Kier molecular flexibility index (Phi) is 8.86. The molecule has 0 amide bonds. The molecule has 0 aliphatic heterocycles. The fourth-order valence-corrected chi connectivity index (χ4v) is 1.85. The molecule has 0 fully saturated rings. The first-order valence-electron chi connectivity index (χ1n) is 8.21. The molecule has 0 heterocycles. The lowest BCUT2D eigenvalue weighted by Crippen LogP contribution is -2.09. The molecule has 0 saturated heterocycles. The van der Waals surface area contributed by atoms with Gasteiger partial charge in [0.25, 0.3) is 0 Å². The summed E-state index contributed by atoms with van der Waals surface area (Å²) in [4.78, 5) is 12.1. The molecule has 2 rings (SSSR count). The SMILES string of the molecule is C=C.CCC(C)COc1ccc(C(=O)Oc2ccc(OC)cc2)cc1. The molecule has 1 atom stereocenters. The van der Waals surface area contributed by atoms with Crippen LogP contribution < -0.4 is 14.2 Å². The summed E-state index contributed by atoms with van der Waals surface area (Å²) >= 11 is 0. The largest absolute Gasteiger partial charge is 0.497 e. The lowest BCUT2D eigenvalue weighted by atomic mass is 10.1. The van der Waals surface area contributed by atoms with Crippen molar-refractivity contribution in [2.45, 2.75) is 20.3 Å². The van der Waals surface area contributed by atoms with Gasteiger partial charge in [-0.15, -0.1) is 13.2 Å². The minimum Gasteiger partial charge on any atom is -0.497 e. The summed E-state index contributed by atoms with van der Waals surface area (Å²) in [6, 6.07) is 13.9. The molecular formula is C21H26O4. The van der Waals surface area contributed by atoms with Gasteiger partial charge in [0, 0.05) is 0 Å². The quantitative estimate of drug-likeness (QED) is 0.397. The number of carbonyl (C=O) groups is 1. The lowest BCUT2D eigenvalue weighted by molar-refractivity contribution is 0.0734. The second-order valence-corrected chi connectivity index (χ2v) is 5.41. The van der Waals surface area contributed by atoms with E-state index in [1.165, 1.54) is 0 Å². The van der Waals surface area contributed by atoms with Crippen molar-refractivity contribution in [1.29, 1.82) is 0 Å². The van der Waals surface area contributed by atoms with Crippen LogP contribution in [0.4, 0.5) is 0 Å². The standard InChI is InChI=1S/C19H22O4.C2H4/c1-4-14(2)13-22-17-7-5-15(6-8-17)19(20)23-18-11-9-16(21-3)10-12-18;1-2/h5-12,14H,4,13H2,1-3H3;1-2H2. The Morgan fingerprint density at radius 1 is 0.960 bits per heavy atom. The van der Waals surface area contributed by atoms with Crippen molar-refractivity contribution in [2.24, 2.45) is 5.92 Å². The topological polar surface area (TPSA) is 44.8 Å². The first-order chi connectivity index (χ1) is 12.1. The normalized spacial score (nSPS) is 10.8. The predicted octanol–water partition coefficient (Wildman–Crippen LogP) is 5.14. The first kappa shape index (κ1) is 20.3. The van der Waals surface area contributed by atoms with Crippen LogP contribution in [0.1, 0.15) is 30.6 Å². The highest BCUT2D eigenvalue weighted by Gasteiger charge is 2.09. The first-order valence-corrected chi connectivity index (χ1v) is 8.21. The lowest BCUT2D eigenvalue weighted by Gasteiger charge is -2.11. The zero-order valence-electron chi connectivity index (χ0n) is 15.2. The van der Waals surface area contributed by atoms with E-state index >= 15 is 0 Å². The average Bonchev–Trinajstić information content (AvgIpc) is 2.68. The van der Waals surface area contributed by atoms with E-state index in [0.717, 1.165) is 12.2 Å². The van der Waals surface area contributed by atoms with Crippen molar-refractivity contribution in [3.8, 4) is 17.2 Å². The van der Waals surface area contributed by atoms with Crippen molar-refractivity contribution < 1.29 is 19.0 Å². The summed E-state index contributed by atoms with van der Waals surface area (Å²) in [5, 5.41) is 0. The molecule has 0 N–H and O–H groups in total. The highest BCUT2D eigenvalue weighted by molar-refractivity contribution is 5.91. The van der Waals surface area contributed by atoms with Gasteiger partial charge in [0.15, 0.2) is 0 Å². The Balaban J connectivity index is 0.00000151. The molecule has 0 aliphatic rings. The molecule has 134 valence electrons. The van der Waals surface area contributed by atoms with Gasteiger partial charge in [-0.1, -0.05) is 20.3 Å². The second kappa shape index (κ2) is 10.9. The Morgan fingerprint density at radius 2 is 1.48 bits per heavy atom. The molecule has 2 aromatic rings. The van der Waals surface area contributed by atoms with E-state index in [-0.39, 0.29) is 0 Å². The molecule has 1 unspecified atom stereocenters.